The summed E-state index contributed by atoms with van der Waals surface area (Å²) in [6.45, 7) is 2.75. The minimum absolute atomic E-state index is 0.00592. The summed E-state index contributed by atoms with van der Waals surface area (Å²) in [5.74, 6) is -0.00592. The summed E-state index contributed by atoms with van der Waals surface area (Å²) >= 11 is 3.56. The van der Waals surface area contributed by atoms with E-state index in [2.05, 4.69) is 27.3 Å². The van der Waals surface area contributed by atoms with Gasteiger partial charge >= 0.3 is 0 Å². The summed E-state index contributed by atoms with van der Waals surface area (Å²) in [6, 6.07) is 11.8. The fraction of sp³-hybridized carbons (Fsp3) is 0.235. The van der Waals surface area contributed by atoms with Crippen molar-refractivity contribution >= 4 is 21.8 Å². The summed E-state index contributed by atoms with van der Waals surface area (Å²) in [5.41, 5.74) is 11.4. The number of nitrogens with one attached hydrogen (secondary N) is 1. The minimum Gasteiger partial charge on any atom is -0.352 e. The Bertz CT molecular complexity index is 712. The molecular weight excluding hydrogens is 328 g/mol. The van der Waals surface area contributed by atoms with Crippen LogP contribution in [0.15, 0.2) is 40.9 Å². The van der Waals surface area contributed by atoms with Crippen LogP contribution in [0.2, 0.25) is 0 Å². The highest BCUT2D eigenvalue weighted by Crippen LogP contribution is 2.29. The van der Waals surface area contributed by atoms with E-state index in [0.717, 1.165) is 33.1 Å². The predicted molar refractivity (Wildman–Crippen MR) is 87.4 cm³/mol. The molecule has 0 radical (unpaired) electrons. The topological polar surface area (TPSA) is 55.1 Å². The van der Waals surface area contributed by atoms with Gasteiger partial charge < -0.3 is 11.1 Å². The van der Waals surface area contributed by atoms with Gasteiger partial charge in [0.05, 0.1) is 6.04 Å². The van der Waals surface area contributed by atoms with Gasteiger partial charge in [-0.3, -0.25) is 4.79 Å². The molecule has 1 heterocycles. The van der Waals surface area contributed by atoms with Crippen LogP contribution in [0.25, 0.3) is 0 Å². The van der Waals surface area contributed by atoms with Crippen molar-refractivity contribution in [1.82, 2.24) is 5.32 Å². The summed E-state index contributed by atoms with van der Waals surface area (Å²) in [6.07, 6.45) is 0.880. The standard InChI is InChI=1S/C17H17BrN2O/c1-10-2-5-15(18)14(8-10)16(19)12-4-3-11-6-7-20-17(21)13(11)9-12/h2-5,8-9,16H,6-7,19H2,1H3,(H,20,21). The molecular formula is C17H17BrN2O. The maximum Gasteiger partial charge on any atom is 0.251 e. The molecule has 3 rings (SSSR count). The van der Waals surface area contributed by atoms with Gasteiger partial charge in [-0.15, -0.1) is 0 Å². The molecule has 0 fully saturated rings. The van der Waals surface area contributed by atoms with Crippen LogP contribution in [0.5, 0.6) is 0 Å². The zero-order chi connectivity index (χ0) is 15.0. The van der Waals surface area contributed by atoms with E-state index in [0.29, 0.717) is 6.54 Å². The molecule has 0 saturated carbocycles. The Labute approximate surface area is 132 Å². The van der Waals surface area contributed by atoms with E-state index in [1.54, 1.807) is 0 Å². The molecule has 3 N–H and O–H groups in total. The number of aryl methyl sites for hydroxylation is 1. The zero-order valence-corrected chi connectivity index (χ0v) is 13.4. The quantitative estimate of drug-likeness (QED) is 0.879. The highest BCUT2D eigenvalue weighted by molar-refractivity contribution is 9.10. The normalized spacial score (nSPS) is 15.3. The lowest BCUT2D eigenvalue weighted by Gasteiger charge is -2.20. The number of nitrogens with two attached hydrogens (primary N) is 1. The van der Waals surface area contributed by atoms with E-state index >= 15 is 0 Å². The van der Waals surface area contributed by atoms with Crippen molar-refractivity contribution in [2.45, 2.75) is 19.4 Å². The number of carbonyl (C=O) groups excluding carboxylic acids is 1. The molecule has 1 atom stereocenters. The van der Waals surface area contributed by atoms with Gasteiger partial charge in [0.25, 0.3) is 5.91 Å². The number of fused-ring (bicyclic) bond motifs is 1. The van der Waals surface area contributed by atoms with Crippen molar-refractivity contribution in [2.24, 2.45) is 5.73 Å². The van der Waals surface area contributed by atoms with Gasteiger partial charge in [-0.05, 0) is 42.2 Å². The summed E-state index contributed by atoms with van der Waals surface area (Å²) in [5, 5.41) is 2.88. The van der Waals surface area contributed by atoms with E-state index < -0.39 is 0 Å². The molecule has 21 heavy (non-hydrogen) atoms. The smallest absolute Gasteiger partial charge is 0.251 e. The second-order valence-electron chi connectivity index (χ2n) is 5.43. The van der Waals surface area contributed by atoms with Crippen LogP contribution in [0.4, 0.5) is 0 Å². The molecule has 1 unspecified atom stereocenters. The molecule has 0 bridgehead atoms. The van der Waals surface area contributed by atoms with Crippen LogP contribution in [0.1, 0.15) is 38.7 Å². The summed E-state index contributed by atoms with van der Waals surface area (Å²) in [7, 11) is 0. The zero-order valence-electron chi connectivity index (χ0n) is 11.8. The lowest BCUT2D eigenvalue weighted by Crippen LogP contribution is -2.32. The second kappa shape index (κ2) is 5.62. The fourth-order valence-corrected chi connectivity index (χ4v) is 3.20. The first-order valence-corrected chi connectivity index (χ1v) is 7.78. The van der Waals surface area contributed by atoms with Crippen LogP contribution in [0, 0.1) is 6.92 Å². The van der Waals surface area contributed by atoms with Gasteiger partial charge in [-0.2, -0.15) is 0 Å². The van der Waals surface area contributed by atoms with Crippen molar-refractivity contribution < 1.29 is 4.79 Å². The monoisotopic (exact) mass is 344 g/mol. The predicted octanol–water partition coefficient (Wildman–Crippen LogP) is 3.09. The van der Waals surface area contributed by atoms with E-state index in [1.165, 1.54) is 5.56 Å². The van der Waals surface area contributed by atoms with Crippen molar-refractivity contribution in [3.8, 4) is 0 Å². The first-order chi connectivity index (χ1) is 10.1. The molecule has 0 aliphatic carbocycles. The Kier molecular flexibility index (Phi) is 3.83. The molecule has 1 aliphatic rings. The maximum atomic E-state index is 12.0. The van der Waals surface area contributed by atoms with Gasteiger partial charge in [-0.1, -0.05) is 45.8 Å². The van der Waals surface area contributed by atoms with Crippen LogP contribution in [-0.2, 0) is 6.42 Å². The van der Waals surface area contributed by atoms with Gasteiger partial charge in [0.15, 0.2) is 0 Å². The van der Waals surface area contributed by atoms with Crippen molar-refractivity contribution in [2.75, 3.05) is 6.54 Å². The SMILES string of the molecule is Cc1ccc(Br)c(C(N)c2ccc3c(c2)C(=O)NCC3)c1. The molecule has 0 saturated heterocycles. The van der Waals surface area contributed by atoms with Crippen molar-refractivity contribution in [3.63, 3.8) is 0 Å². The molecule has 2 aromatic carbocycles. The van der Waals surface area contributed by atoms with Crippen LogP contribution in [-0.4, -0.2) is 12.5 Å². The molecule has 1 amide bonds. The largest absolute Gasteiger partial charge is 0.352 e. The van der Waals surface area contributed by atoms with Crippen molar-refractivity contribution in [3.05, 3.63) is 68.7 Å². The number of rotatable bonds is 2. The first kappa shape index (κ1) is 14.3. The highest BCUT2D eigenvalue weighted by atomic mass is 79.9. The van der Waals surface area contributed by atoms with Gasteiger partial charge in [0.1, 0.15) is 0 Å². The number of halogens is 1. The van der Waals surface area contributed by atoms with Gasteiger partial charge in [-0.25, -0.2) is 0 Å². The molecule has 1 aliphatic heterocycles. The third kappa shape index (κ3) is 2.74. The van der Waals surface area contributed by atoms with E-state index in [1.807, 2.05) is 37.3 Å². The average Bonchev–Trinajstić information content (AvgIpc) is 2.49. The highest BCUT2D eigenvalue weighted by Gasteiger charge is 2.19. The maximum absolute atomic E-state index is 12.0. The second-order valence-corrected chi connectivity index (χ2v) is 6.28. The third-order valence-corrected chi connectivity index (χ3v) is 4.63. The van der Waals surface area contributed by atoms with Crippen LogP contribution in [0.3, 0.4) is 0 Å². The van der Waals surface area contributed by atoms with E-state index in [4.69, 9.17) is 5.73 Å². The third-order valence-electron chi connectivity index (χ3n) is 3.90. The fourth-order valence-electron chi connectivity index (χ4n) is 2.70. The Hall–Kier alpha value is -1.65. The van der Waals surface area contributed by atoms with E-state index in [-0.39, 0.29) is 11.9 Å². The minimum atomic E-state index is -0.251. The molecule has 2 aromatic rings. The lowest BCUT2D eigenvalue weighted by molar-refractivity contribution is 0.0946. The Morgan fingerprint density at radius 3 is 2.86 bits per heavy atom. The number of carbonyl (C=O) groups is 1. The van der Waals surface area contributed by atoms with Crippen molar-refractivity contribution in [1.29, 1.82) is 0 Å². The number of hydrogen-bond donors (Lipinski definition) is 2. The number of benzene rings is 2. The van der Waals surface area contributed by atoms with Gasteiger partial charge in [0, 0.05) is 16.6 Å². The van der Waals surface area contributed by atoms with Crippen LogP contribution >= 0.6 is 15.9 Å². The van der Waals surface area contributed by atoms with E-state index in [9.17, 15) is 4.79 Å². The molecule has 0 spiro atoms. The lowest BCUT2D eigenvalue weighted by atomic mass is 9.92. The Balaban J connectivity index is 2.02. The number of amides is 1. The average molecular weight is 345 g/mol. The summed E-state index contributed by atoms with van der Waals surface area (Å²) < 4.78 is 0.989. The number of hydrogen-bond acceptors (Lipinski definition) is 2. The van der Waals surface area contributed by atoms with Gasteiger partial charge in [0.2, 0.25) is 0 Å². The Morgan fingerprint density at radius 1 is 1.24 bits per heavy atom. The summed E-state index contributed by atoms with van der Waals surface area (Å²) in [4.78, 5) is 12.0. The molecule has 108 valence electrons. The molecule has 3 nitrogen and oxygen atoms in total. The Morgan fingerprint density at radius 2 is 2.05 bits per heavy atom. The van der Waals surface area contributed by atoms with Crippen LogP contribution < -0.4 is 11.1 Å². The molecule has 0 aromatic heterocycles. The first-order valence-electron chi connectivity index (χ1n) is 6.99. The molecule has 4 heteroatoms.